The Bertz CT molecular complexity index is 276. The number of sulfonamides is 1. The summed E-state index contributed by atoms with van der Waals surface area (Å²) in [7, 11) is -3.24. The lowest BCUT2D eigenvalue weighted by atomic mass is 10.0. The first-order valence-electron chi connectivity index (χ1n) is 4.69. The molecule has 0 amide bonds. The van der Waals surface area contributed by atoms with E-state index in [1.54, 1.807) is 13.8 Å². The third-order valence-corrected chi connectivity index (χ3v) is 3.67. The molecule has 0 atom stereocenters. The van der Waals surface area contributed by atoms with Gasteiger partial charge in [0.15, 0.2) is 0 Å². The average Bonchev–Trinajstić information content (AvgIpc) is 1.78. The third-order valence-electron chi connectivity index (χ3n) is 1.57. The molecule has 0 saturated carbocycles. The summed E-state index contributed by atoms with van der Waals surface area (Å²) in [6.45, 7) is 9.50. The molecule has 5 heteroatoms. The molecule has 0 radical (unpaired) electrons. The van der Waals surface area contributed by atoms with Crippen molar-refractivity contribution in [3.05, 3.63) is 0 Å². The first kappa shape index (κ1) is 13.9. The van der Waals surface area contributed by atoms with Gasteiger partial charge in [-0.05, 0) is 19.3 Å². The predicted octanol–water partition coefficient (Wildman–Crippen LogP) is 0.689. The Morgan fingerprint density at radius 3 is 1.86 bits per heavy atom. The molecule has 0 bridgehead atoms. The molecule has 0 spiro atoms. The summed E-state index contributed by atoms with van der Waals surface area (Å²) in [6.07, 6.45) is 0. The molecule has 0 aromatic rings. The molecule has 86 valence electrons. The monoisotopic (exact) mass is 222 g/mol. The summed E-state index contributed by atoms with van der Waals surface area (Å²) in [5.41, 5.74) is 4.65. The van der Waals surface area contributed by atoms with Gasteiger partial charge in [0.05, 0.1) is 5.75 Å². The molecule has 0 aromatic carbocycles. The van der Waals surface area contributed by atoms with Crippen molar-refractivity contribution >= 4 is 10.0 Å². The van der Waals surface area contributed by atoms with Gasteiger partial charge in [0.1, 0.15) is 0 Å². The van der Waals surface area contributed by atoms with Crippen LogP contribution in [-0.4, -0.2) is 26.3 Å². The van der Waals surface area contributed by atoms with Gasteiger partial charge in [-0.3, -0.25) is 0 Å². The molecule has 14 heavy (non-hydrogen) atoms. The zero-order valence-electron chi connectivity index (χ0n) is 9.72. The van der Waals surface area contributed by atoms with E-state index in [0.717, 1.165) is 0 Å². The van der Waals surface area contributed by atoms with Gasteiger partial charge in [0, 0.05) is 12.1 Å². The van der Waals surface area contributed by atoms with Gasteiger partial charge in [-0.2, -0.15) is 0 Å². The van der Waals surface area contributed by atoms with E-state index in [-0.39, 0.29) is 17.7 Å². The average molecular weight is 222 g/mol. The maximum Gasteiger partial charge on any atom is 0.212 e. The molecule has 0 saturated heterocycles. The van der Waals surface area contributed by atoms with Crippen molar-refractivity contribution < 1.29 is 8.42 Å². The van der Waals surface area contributed by atoms with Crippen molar-refractivity contribution in [2.24, 2.45) is 11.1 Å². The quantitative estimate of drug-likeness (QED) is 0.735. The van der Waals surface area contributed by atoms with Crippen LogP contribution in [-0.2, 0) is 10.0 Å². The van der Waals surface area contributed by atoms with Crippen molar-refractivity contribution in [1.29, 1.82) is 0 Å². The van der Waals surface area contributed by atoms with E-state index in [9.17, 15) is 8.42 Å². The topological polar surface area (TPSA) is 72.2 Å². The third kappa shape index (κ3) is 6.34. The molecule has 0 aliphatic heterocycles. The predicted molar refractivity (Wildman–Crippen MR) is 59.5 cm³/mol. The van der Waals surface area contributed by atoms with E-state index in [0.29, 0.717) is 0 Å². The highest BCUT2D eigenvalue weighted by Crippen LogP contribution is 2.16. The molecule has 4 nitrogen and oxygen atoms in total. The van der Waals surface area contributed by atoms with E-state index in [4.69, 9.17) is 5.73 Å². The van der Waals surface area contributed by atoms with Crippen LogP contribution in [0.3, 0.4) is 0 Å². The second-order valence-corrected chi connectivity index (χ2v) is 7.23. The smallest absolute Gasteiger partial charge is 0.212 e. The summed E-state index contributed by atoms with van der Waals surface area (Å²) < 4.78 is 25.9. The lowest BCUT2D eigenvalue weighted by molar-refractivity contribution is 0.431. The Balaban J connectivity index is 4.53. The molecule has 0 aliphatic carbocycles. The number of rotatable bonds is 4. The van der Waals surface area contributed by atoms with Crippen molar-refractivity contribution in [2.45, 2.75) is 40.2 Å². The molecule has 0 aliphatic rings. The molecular weight excluding hydrogens is 200 g/mol. The van der Waals surface area contributed by atoms with Gasteiger partial charge < -0.3 is 5.73 Å². The van der Waals surface area contributed by atoms with Crippen LogP contribution in [0.1, 0.15) is 34.6 Å². The van der Waals surface area contributed by atoms with Gasteiger partial charge in [-0.1, -0.05) is 20.8 Å². The summed E-state index contributed by atoms with van der Waals surface area (Å²) in [4.78, 5) is 0. The molecule has 0 rings (SSSR count). The van der Waals surface area contributed by atoms with Gasteiger partial charge in [0.25, 0.3) is 0 Å². The van der Waals surface area contributed by atoms with Crippen LogP contribution in [0.5, 0.6) is 0 Å². The lowest BCUT2D eigenvalue weighted by Gasteiger charge is -2.26. The van der Waals surface area contributed by atoms with Crippen LogP contribution in [0.15, 0.2) is 0 Å². The second kappa shape index (κ2) is 4.16. The standard InChI is InChI=1S/C9H22N2O2S/c1-8(2,3)7-14(12,13)11-9(4,5)6-10/h11H,6-7,10H2,1-5H3. The maximum atomic E-state index is 11.7. The highest BCUT2D eigenvalue weighted by atomic mass is 32.2. The van der Waals surface area contributed by atoms with E-state index < -0.39 is 15.6 Å². The zero-order valence-corrected chi connectivity index (χ0v) is 10.5. The number of hydrogen-bond donors (Lipinski definition) is 2. The Labute approximate surface area is 87.3 Å². The Kier molecular flexibility index (Phi) is 4.12. The zero-order chi connectivity index (χ0) is 11.6. The summed E-state index contributed by atoms with van der Waals surface area (Å²) in [6, 6.07) is 0. The Morgan fingerprint density at radius 2 is 1.57 bits per heavy atom. The van der Waals surface area contributed by atoms with Crippen LogP contribution in [0.2, 0.25) is 0 Å². The largest absolute Gasteiger partial charge is 0.329 e. The van der Waals surface area contributed by atoms with Crippen molar-refractivity contribution in [3.8, 4) is 0 Å². The van der Waals surface area contributed by atoms with Gasteiger partial charge >= 0.3 is 0 Å². The second-order valence-electron chi connectivity index (χ2n) is 5.51. The summed E-state index contributed by atoms with van der Waals surface area (Å²) in [5, 5.41) is 0. The summed E-state index contributed by atoms with van der Waals surface area (Å²) in [5.74, 6) is 0.115. The van der Waals surface area contributed by atoms with E-state index >= 15 is 0 Å². The number of hydrogen-bond acceptors (Lipinski definition) is 3. The minimum absolute atomic E-state index is 0.115. The van der Waals surface area contributed by atoms with Gasteiger partial charge in [-0.25, -0.2) is 13.1 Å². The minimum atomic E-state index is -3.24. The van der Waals surface area contributed by atoms with E-state index in [2.05, 4.69) is 4.72 Å². The minimum Gasteiger partial charge on any atom is -0.329 e. The van der Waals surface area contributed by atoms with Crippen LogP contribution < -0.4 is 10.5 Å². The normalized spacial score (nSPS) is 14.4. The highest BCUT2D eigenvalue weighted by molar-refractivity contribution is 7.89. The van der Waals surface area contributed by atoms with E-state index in [1.165, 1.54) is 0 Å². The fourth-order valence-corrected chi connectivity index (χ4v) is 3.21. The SMILES string of the molecule is CC(C)(C)CS(=O)(=O)NC(C)(C)CN. The summed E-state index contributed by atoms with van der Waals surface area (Å²) >= 11 is 0. The van der Waals surface area contributed by atoms with Crippen molar-refractivity contribution in [3.63, 3.8) is 0 Å². The first-order valence-corrected chi connectivity index (χ1v) is 6.34. The van der Waals surface area contributed by atoms with Crippen molar-refractivity contribution in [1.82, 2.24) is 4.72 Å². The number of nitrogens with two attached hydrogens (primary N) is 1. The molecular formula is C9H22N2O2S. The van der Waals surface area contributed by atoms with Crippen molar-refractivity contribution in [2.75, 3.05) is 12.3 Å². The van der Waals surface area contributed by atoms with Crippen LogP contribution in [0, 0.1) is 5.41 Å². The molecule has 0 unspecified atom stereocenters. The molecule has 0 fully saturated rings. The Hall–Kier alpha value is -0.130. The fourth-order valence-electron chi connectivity index (χ4n) is 1.07. The lowest BCUT2D eigenvalue weighted by Crippen LogP contribution is -2.50. The molecule has 0 heterocycles. The fraction of sp³-hybridized carbons (Fsp3) is 1.00. The first-order chi connectivity index (χ1) is 5.97. The van der Waals surface area contributed by atoms with Crippen LogP contribution in [0.4, 0.5) is 0 Å². The molecule has 0 aromatic heterocycles. The Morgan fingerprint density at radius 1 is 1.14 bits per heavy atom. The van der Waals surface area contributed by atoms with Gasteiger partial charge in [0.2, 0.25) is 10.0 Å². The van der Waals surface area contributed by atoms with Crippen LogP contribution >= 0.6 is 0 Å². The van der Waals surface area contributed by atoms with E-state index in [1.807, 2.05) is 20.8 Å². The highest BCUT2D eigenvalue weighted by Gasteiger charge is 2.27. The molecule has 3 N–H and O–H groups in total. The van der Waals surface area contributed by atoms with Crippen LogP contribution in [0.25, 0.3) is 0 Å². The number of nitrogens with one attached hydrogen (secondary N) is 1. The van der Waals surface area contributed by atoms with Gasteiger partial charge in [-0.15, -0.1) is 0 Å². The maximum absolute atomic E-state index is 11.7.